The van der Waals surface area contributed by atoms with Gasteiger partial charge >= 0.3 is 6.03 Å². The van der Waals surface area contributed by atoms with E-state index in [0.717, 1.165) is 24.9 Å². The van der Waals surface area contributed by atoms with Gasteiger partial charge in [-0.1, -0.05) is 30.3 Å². The lowest BCUT2D eigenvalue weighted by atomic mass is 10.0. The van der Waals surface area contributed by atoms with Gasteiger partial charge in [0.2, 0.25) is 0 Å². The second kappa shape index (κ2) is 6.00. The van der Waals surface area contributed by atoms with Crippen LogP contribution in [0.25, 0.3) is 0 Å². The molecule has 3 heterocycles. The lowest BCUT2D eigenvalue weighted by molar-refractivity contribution is -0.140. The summed E-state index contributed by atoms with van der Waals surface area (Å²) in [7, 11) is 0. The van der Waals surface area contributed by atoms with Gasteiger partial charge in [-0.25, -0.2) is 9.78 Å². The zero-order valence-corrected chi connectivity index (χ0v) is 12.8. The molecule has 4 rings (SSSR count). The summed E-state index contributed by atoms with van der Waals surface area (Å²) in [5, 5.41) is 5.70. The Hall–Kier alpha value is -2.41. The van der Waals surface area contributed by atoms with Crippen molar-refractivity contribution in [2.24, 2.45) is 0 Å². The number of nitrogens with zero attached hydrogens (tertiary/aromatic N) is 5. The van der Waals surface area contributed by atoms with E-state index in [-0.39, 0.29) is 18.1 Å². The van der Waals surface area contributed by atoms with E-state index in [4.69, 9.17) is 4.84 Å². The number of aromatic nitrogens is 3. The van der Waals surface area contributed by atoms with Gasteiger partial charge in [0.1, 0.15) is 19.3 Å². The van der Waals surface area contributed by atoms with Gasteiger partial charge in [0, 0.05) is 6.54 Å². The number of carbonyl (C=O) groups is 1. The maximum absolute atomic E-state index is 12.6. The zero-order valence-electron chi connectivity index (χ0n) is 12.8. The molecule has 2 saturated heterocycles. The van der Waals surface area contributed by atoms with Crippen LogP contribution in [0.1, 0.15) is 18.4 Å². The summed E-state index contributed by atoms with van der Waals surface area (Å²) in [6.45, 7) is 1.84. The SMILES string of the molecule is O=C1N2C[C@@H](CC[C@H]2Cn2cncn2)N1OCc1ccccc1. The number of rotatable bonds is 5. The molecule has 2 atom stereocenters. The molecule has 2 aliphatic heterocycles. The first kappa shape index (κ1) is 14.2. The molecule has 2 fully saturated rings. The van der Waals surface area contributed by atoms with Crippen LogP contribution in [0.4, 0.5) is 4.79 Å². The Morgan fingerprint density at radius 2 is 2.09 bits per heavy atom. The fourth-order valence-electron chi connectivity index (χ4n) is 3.33. The average molecular weight is 313 g/mol. The zero-order chi connectivity index (χ0) is 15.6. The minimum Gasteiger partial charge on any atom is -0.316 e. The Balaban J connectivity index is 1.41. The average Bonchev–Trinajstić information content (AvgIpc) is 3.17. The van der Waals surface area contributed by atoms with Crippen LogP contribution in [0.15, 0.2) is 43.0 Å². The third-order valence-electron chi connectivity index (χ3n) is 4.52. The highest BCUT2D eigenvalue weighted by molar-refractivity contribution is 5.76. The summed E-state index contributed by atoms with van der Waals surface area (Å²) >= 11 is 0. The van der Waals surface area contributed by atoms with Crippen molar-refractivity contribution >= 4 is 6.03 Å². The van der Waals surface area contributed by atoms with E-state index < -0.39 is 0 Å². The Kier molecular flexibility index (Phi) is 3.70. The molecule has 2 bridgehead atoms. The number of piperidine rings is 1. The summed E-state index contributed by atoms with van der Waals surface area (Å²) in [5.41, 5.74) is 1.07. The molecule has 120 valence electrons. The third-order valence-corrected chi connectivity index (χ3v) is 4.52. The summed E-state index contributed by atoms with van der Waals surface area (Å²) in [6.07, 6.45) is 5.13. The Labute approximate surface area is 134 Å². The van der Waals surface area contributed by atoms with E-state index in [1.165, 1.54) is 6.33 Å². The summed E-state index contributed by atoms with van der Waals surface area (Å²) in [5.74, 6) is 0. The van der Waals surface area contributed by atoms with Crippen LogP contribution in [0.5, 0.6) is 0 Å². The molecular formula is C16H19N5O2. The van der Waals surface area contributed by atoms with Crippen molar-refractivity contribution in [3.63, 3.8) is 0 Å². The molecule has 0 radical (unpaired) electrons. The standard InChI is InChI=1S/C16H19N5O2/c22-16-20-9-15(7-6-14(20)8-19-12-17-11-18-19)21(16)23-10-13-4-2-1-3-5-13/h1-5,11-12,14-15H,6-10H2/t14-,15+/m0/s1. The van der Waals surface area contributed by atoms with Crippen molar-refractivity contribution in [1.29, 1.82) is 0 Å². The maximum Gasteiger partial charge on any atom is 0.344 e. The lowest BCUT2D eigenvalue weighted by Crippen LogP contribution is -2.42. The quantitative estimate of drug-likeness (QED) is 0.842. The van der Waals surface area contributed by atoms with Crippen LogP contribution in [0.3, 0.4) is 0 Å². The first-order valence-electron chi connectivity index (χ1n) is 7.90. The van der Waals surface area contributed by atoms with E-state index in [1.54, 1.807) is 16.1 Å². The van der Waals surface area contributed by atoms with Gasteiger partial charge in [0.05, 0.1) is 18.6 Å². The topological polar surface area (TPSA) is 63.5 Å². The number of fused-ring (bicyclic) bond motifs is 2. The first-order chi connectivity index (χ1) is 11.3. The summed E-state index contributed by atoms with van der Waals surface area (Å²) < 4.78 is 1.78. The van der Waals surface area contributed by atoms with Crippen molar-refractivity contribution in [1.82, 2.24) is 24.7 Å². The van der Waals surface area contributed by atoms with Crippen molar-refractivity contribution in [2.75, 3.05) is 6.54 Å². The van der Waals surface area contributed by atoms with E-state index >= 15 is 0 Å². The van der Waals surface area contributed by atoms with E-state index in [9.17, 15) is 4.79 Å². The molecular weight excluding hydrogens is 294 g/mol. The molecule has 2 aliphatic rings. The molecule has 0 unspecified atom stereocenters. The minimum atomic E-state index is -0.0338. The number of hydroxylamine groups is 2. The first-order valence-corrected chi connectivity index (χ1v) is 7.90. The van der Waals surface area contributed by atoms with Crippen molar-refractivity contribution in [2.45, 2.75) is 38.1 Å². The molecule has 0 spiro atoms. The molecule has 1 aromatic heterocycles. The largest absolute Gasteiger partial charge is 0.344 e. The Morgan fingerprint density at radius 3 is 2.87 bits per heavy atom. The molecule has 7 nitrogen and oxygen atoms in total. The number of hydrogen-bond donors (Lipinski definition) is 0. The van der Waals surface area contributed by atoms with Crippen molar-refractivity contribution < 1.29 is 9.63 Å². The van der Waals surface area contributed by atoms with Gasteiger partial charge in [-0.2, -0.15) is 10.2 Å². The predicted octanol–water partition coefficient (Wildman–Crippen LogP) is 1.68. The molecule has 23 heavy (non-hydrogen) atoms. The predicted molar refractivity (Wildman–Crippen MR) is 82.0 cm³/mol. The summed E-state index contributed by atoms with van der Waals surface area (Å²) in [4.78, 5) is 24.3. The maximum atomic E-state index is 12.6. The minimum absolute atomic E-state index is 0.0338. The Morgan fingerprint density at radius 1 is 1.22 bits per heavy atom. The molecule has 2 aromatic rings. The highest BCUT2D eigenvalue weighted by Gasteiger charge is 2.45. The van der Waals surface area contributed by atoms with Crippen LogP contribution < -0.4 is 0 Å². The van der Waals surface area contributed by atoms with Gasteiger partial charge in [0.25, 0.3) is 0 Å². The normalized spacial score (nSPS) is 23.6. The van der Waals surface area contributed by atoms with Crippen molar-refractivity contribution in [3.05, 3.63) is 48.5 Å². The second-order valence-electron chi connectivity index (χ2n) is 6.02. The highest BCUT2D eigenvalue weighted by Crippen LogP contribution is 2.31. The fourth-order valence-corrected chi connectivity index (χ4v) is 3.33. The monoisotopic (exact) mass is 313 g/mol. The van der Waals surface area contributed by atoms with Crippen LogP contribution in [0.2, 0.25) is 0 Å². The van der Waals surface area contributed by atoms with Crippen LogP contribution in [0, 0.1) is 0 Å². The summed E-state index contributed by atoms with van der Waals surface area (Å²) in [6, 6.07) is 10.2. The molecule has 7 heteroatoms. The van der Waals surface area contributed by atoms with Gasteiger partial charge in [-0.3, -0.25) is 9.52 Å². The van der Waals surface area contributed by atoms with Gasteiger partial charge in [-0.05, 0) is 18.4 Å². The number of carbonyl (C=O) groups excluding carboxylic acids is 1. The lowest BCUT2D eigenvalue weighted by Gasteiger charge is -2.30. The van der Waals surface area contributed by atoms with Gasteiger partial charge < -0.3 is 4.90 Å². The molecule has 0 aliphatic carbocycles. The van der Waals surface area contributed by atoms with E-state index in [2.05, 4.69) is 10.1 Å². The number of benzene rings is 1. The second-order valence-corrected chi connectivity index (χ2v) is 6.02. The van der Waals surface area contributed by atoms with E-state index in [1.807, 2.05) is 35.2 Å². The molecule has 2 amide bonds. The van der Waals surface area contributed by atoms with Gasteiger partial charge in [0.15, 0.2) is 0 Å². The fraction of sp³-hybridized carbons (Fsp3) is 0.438. The third kappa shape index (κ3) is 2.79. The van der Waals surface area contributed by atoms with Crippen LogP contribution in [-0.4, -0.2) is 49.4 Å². The smallest absolute Gasteiger partial charge is 0.316 e. The molecule has 0 N–H and O–H groups in total. The molecule has 1 aromatic carbocycles. The Bertz CT molecular complexity index is 660. The van der Waals surface area contributed by atoms with Crippen molar-refractivity contribution in [3.8, 4) is 0 Å². The van der Waals surface area contributed by atoms with Crippen LogP contribution in [-0.2, 0) is 18.0 Å². The van der Waals surface area contributed by atoms with E-state index in [0.29, 0.717) is 13.2 Å². The van der Waals surface area contributed by atoms with Crippen LogP contribution >= 0.6 is 0 Å². The number of hydrogen-bond acceptors (Lipinski definition) is 4. The highest BCUT2D eigenvalue weighted by atomic mass is 16.7. The van der Waals surface area contributed by atoms with Gasteiger partial charge in [-0.15, -0.1) is 0 Å². The number of amides is 2. The number of urea groups is 1. The molecule has 0 saturated carbocycles.